The molecule has 0 saturated heterocycles. The molecule has 0 heterocycles. The first kappa shape index (κ1) is 68.1. The van der Waals surface area contributed by atoms with E-state index in [1.807, 2.05) is 0 Å². The van der Waals surface area contributed by atoms with Crippen LogP contribution in [-0.4, -0.2) is 55.3 Å². The van der Waals surface area contributed by atoms with Crippen LogP contribution < -0.4 is 0 Å². The van der Waals surface area contributed by atoms with Gasteiger partial charge in [0.25, 0.3) is 5.09 Å². The van der Waals surface area contributed by atoms with Crippen molar-refractivity contribution in [2.75, 3.05) is 0 Å². The summed E-state index contributed by atoms with van der Waals surface area (Å²) < 4.78 is 0. The minimum absolute atomic E-state index is 0. The predicted octanol–water partition coefficient (Wildman–Crippen LogP) is -4.56. The van der Waals surface area contributed by atoms with E-state index >= 15 is 0 Å². The van der Waals surface area contributed by atoms with Gasteiger partial charge in [-0.15, -0.1) is 10.1 Å². The van der Waals surface area contributed by atoms with Crippen LogP contribution in [0, 0.1) is 10.1 Å². The van der Waals surface area contributed by atoms with E-state index in [2.05, 4.69) is 0 Å². The lowest BCUT2D eigenvalue weighted by molar-refractivity contribution is -0.742. The van der Waals surface area contributed by atoms with Gasteiger partial charge in [0.2, 0.25) is 0 Å². The van der Waals surface area contributed by atoms with Crippen molar-refractivity contribution in [3.05, 3.63) is 10.1 Å². The molecule has 0 saturated carbocycles. The first-order chi connectivity index (χ1) is 1.73. The van der Waals surface area contributed by atoms with Crippen LogP contribution in [0.5, 0.6) is 0 Å². The maximum atomic E-state index is 8.36. The largest absolute Gasteiger partial charge is 0.412 e. The zero-order valence-electron chi connectivity index (χ0n) is 3.71. The topological polar surface area (TPSA) is 189 Å². The molecule has 9 heteroatoms. The van der Waals surface area contributed by atoms with Gasteiger partial charge in [-0.1, -0.05) is 0 Å². The average molecular weight is 161 g/mol. The smallest absolute Gasteiger partial charge is 0.316 e. The van der Waals surface area contributed by atoms with Crippen molar-refractivity contribution in [3.63, 3.8) is 0 Å². The van der Waals surface area contributed by atoms with Crippen LogP contribution in [-0.2, 0) is 0 Å². The fourth-order valence-corrected chi connectivity index (χ4v) is 0. The van der Waals surface area contributed by atoms with Gasteiger partial charge in [0.1, 0.15) is 0 Å². The molecule has 60 valence electrons. The molecular formula is H11MgNO7. The van der Waals surface area contributed by atoms with Crippen molar-refractivity contribution < 1.29 is 32.2 Å². The summed E-state index contributed by atoms with van der Waals surface area (Å²) in [5.41, 5.74) is 0. The molecular weight excluding hydrogens is 150 g/mol. The van der Waals surface area contributed by atoms with Gasteiger partial charge in [-0.05, 0) is 0 Å². The molecule has 0 aromatic carbocycles. The fraction of sp³-hybridized carbons (Fsp3) is 0. The number of rotatable bonds is 0. The summed E-state index contributed by atoms with van der Waals surface area (Å²) in [6.45, 7) is 0. The molecule has 0 fully saturated rings. The number of hydrogen-bond donors (Lipinski definition) is 1. The van der Waals surface area contributed by atoms with E-state index in [-0.39, 0.29) is 45.0 Å². The summed E-state index contributed by atoms with van der Waals surface area (Å²) in [6.07, 6.45) is 0. The van der Waals surface area contributed by atoms with Crippen molar-refractivity contribution in [2.45, 2.75) is 0 Å². The second-order valence-corrected chi connectivity index (χ2v) is 0.238. The molecule has 0 bridgehead atoms. The maximum absolute atomic E-state index is 8.36. The lowest BCUT2D eigenvalue weighted by Gasteiger charge is -1.56. The second kappa shape index (κ2) is 45.9. The summed E-state index contributed by atoms with van der Waals surface area (Å²) in [5, 5.41) is 13.6. The van der Waals surface area contributed by atoms with Gasteiger partial charge < -0.3 is 27.1 Å². The van der Waals surface area contributed by atoms with Gasteiger partial charge in [0.15, 0.2) is 0 Å². The Morgan fingerprint density at radius 1 is 1.11 bits per heavy atom. The number of hydrogen-bond acceptors (Lipinski definition) is 2. The van der Waals surface area contributed by atoms with Crippen LogP contribution in [0.1, 0.15) is 0 Å². The van der Waals surface area contributed by atoms with Crippen LogP contribution in [0.4, 0.5) is 0 Å². The molecule has 0 radical (unpaired) electrons. The quantitative estimate of drug-likeness (QED) is 0.213. The zero-order valence-corrected chi connectivity index (χ0v) is 3.71. The molecule has 0 rings (SSSR count). The fourth-order valence-electron chi connectivity index (χ4n) is 0. The van der Waals surface area contributed by atoms with E-state index in [1.54, 1.807) is 0 Å². The molecule has 0 unspecified atom stereocenters. The molecule has 0 spiro atoms. The highest BCUT2D eigenvalue weighted by molar-refractivity contribution is 5.75. The van der Waals surface area contributed by atoms with E-state index in [1.165, 1.54) is 0 Å². The van der Waals surface area contributed by atoms with Gasteiger partial charge in [-0.2, -0.15) is 0 Å². The first-order valence-electron chi connectivity index (χ1n) is 0.565. The van der Waals surface area contributed by atoms with Crippen LogP contribution in [0.15, 0.2) is 0 Å². The highest BCUT2D eigenvalue weighted by atomic mass is 24.3. The Morgan fingerprint density at radius 3 is 1.11 bits per heavy atom. The van der Waals surface area contributed by atoms with E-state index in [4.69, 9.17) is 15.3 Å². The lowest BCUT2D eigenvalue weighted by Crippen LogP contribution is -1.81. The summed E-state index contributed by atoms with van der Waals surface area (Å²) in [4.78, 5) is 8.36. The highest BCUT2D eigenvalue weighted by Gasteiger charge is 1.65. The number of nitrogens with zero attached hydrogens (tertiary/aromatic N) is 1. The monoisotopic (exact) mass is 161 g/mol. The summed E-state index contributed by atoms with van der Waals surface area (Å²) in [5.74, 6) is 0. The summed E-state index contributed by atoms with van der Waals surface area (Å²) in [6, 6.07) is 0. The Labute approximate surface area is 66.0 Å². The van der Waals surface area contributed by atoms with Crippen molar-refractivity contribution in [2.24, 2.45) is 0 Å². The summed E-state index contributed by atoms with van der Waals surface area (Å²) >= 11 is 0. The minimum atomic E-state index is -1.50. The van der Waals surface area contributed by atoms with Crippen LogP contribution in [0.25, 0.3) is 0 Å². The molecule has 8 nitrogen and oxygen atoms in total. The molecule has 0 amide bonds. The SMILES string of the molecule is O.O.O.O.O=[N+]([O-])O.[MgH2]. The van der Waals surface area contributed by atoms with E-state index in [9.17, 15) is 0 Å². The average Bonchev–Trinajstić information content (AvgIpc) is 0.811. The van der Waals surface area contributed by atoms with Crippen molar-refractivity contribution >= 4 is 23.1 Å². The van der Waals surface area contributed by atoms with E-state index in [0.717, 1.165) is 0 Å². The third-order valence-corrected chi connectivity index (χ3v) is 0. The normalized spacial score (nSPS) is 2.67. The van der Waals surface area contributed by atoms with E-state index in [0.29, 0.717) is 0 Å². The molecule has 0 aliphatic carbocycles. The molecule has 0 aliphatic heterocycles. The van der Waals surface area contributed by atoms with Gasteiger partial charge in [-0.25, -0.2) is 0 Å². The van der Waals surface area contributed by atoms with Gasteiger partial charge in [-0.3, -0.25) is 0 Å². The molecule has 0 atom stereocenters. The van der Waals surface area contributed by atoms with Gasteiger partial charge in [0, 0.05) is 0 Å². The Morgan fingerprint density at radius 2 is 1.11 bits per heavy atom. The highest BCUT2D eigenvalue weighted by Crippen LogP contribution is 1.38. The Hall–Kier alpha value is -0.194. The maximum Gasteiger partial charge on any atom is 0.316 e. The predicted molar refractivity (Wildman–Crippen MR) is 31.8 cm³/mol. The van der Waals surface area contributed by atoms with Crippen molar-refractivity contribution in [1.29, 1.82) is 0 Å². The Bertz CT molecular complexity index is 31.9. The van der Waals surface area contributed by atoms with Gasteiger partial charge >= 0.3 is 23.1 Å². The van der Waals surface area contributed by atoms with Crippen LogP contribution in [0.2, 0.25) is 0 Å². The Kier molecular flexibility index (Phi) is 348. The lowest BCUT2D eigenvalue weighted by atomic mass is 13.1. The minimum Gasteiger partial charge on any atom is -0.412 e. The van der Waals surface area contributed by atoms with Crippen molar-refractivity contribution in [3.8, 4) is 0 Å². The molecule has 0 aliphatic rings. The third-order valence-electron chi connectivity index (χ3n) is 0. The first-order valence-corrected chi connectivity index (χ1v) is 0.565. The van der Waals surface area contributed by atoms with Crippen molar-refractivity contribution in [1.82, 2.24) is 0 Å². The molecule has 0 aromatic heterocycles. The zero-order chi connectivity index (χ0) is 3.58. The van der Waals surface area contributed by atoms with Crippen LogP contribution in [0.3, 0.4) is 0 Å². The van der Waals surface area contributed by atoms with Crippen LogP contribution >= 0.6 is 0 Å². The van der Waals surface area contributed by atoms with E-state index < -0.39 is 5.09 Å². The molecule has 0 aromatic rings. The molecule has 9 heavy (non-hydrogen) atoms. The van der Waals surface area contributed by atoms with Gasteiger partial charge in [0.05, 0.1) is 0 Å². The third kappa shape index (κ3) is 7010. The molecule has 9 N–H and O–H groups in total. The second-order valence-electron chi connectivity index (χ2n) is 0.238. The Balaban J connectivity index is -0.00000000450. The summed E-state index contributed by atoms with van der Waals surface area (Å²) in [7, 11) is 0. The standard InChI is InChI=1S/Mg.HNO3.4H2O.2H/c;2-1(3)4;;;;;;/h;(H,2,3,4);4*1H2;;.